The van der Waals surface area contributed by atoms with Gasteiger partial charge < -0.3 is 20.1 Å². The number of carboxylic acids is 1. The maximum absolute atomic E-state index is 12.0. The molecule has 2 saturated heterocycles. The second kappa shape index (κ2) is 7.47. The molecule has 2 rings (SSSR count). The molecule has 2 aliphatic heterocycles. The SMILES string of the molecule is O=C(O)[C@@H]1CCCN(C(=O)NCCC2CCCCO2)C1. The molecule has 6 nitrogen and oxygen atoms in total. The highest BCUT2D eigenvalue weighted by Gasteiger charge is 2.28. The molecule has 1 unspecified atom stereocenters. The molecule has 6 heteroatoms. The van der Waals surface area contributed by atoms with Crippen LogP contribution in [0.3, 0.4) is 0 Å². The molecular weight excluding hydrogens is 260 g/mol. The second-order valence-electron chi connectivity index (χ2n) is 5.63. The zero-order valence-electron chi connectivity index (χ0n) is 11.8. The van der Waals surface area contributed by atoms with Crippen LogP contribution in [0, 0.1) is 5.92 Å². The first kappa shape index (κ1) is 15.1. The Kier molecular flexibility index (Phi) is 5.64. The van der Waals surface area contributed by atoms with Crippen molar-refractivity contribution >= 4 is 12.0 Å². The summed E-state index contributed by atoms with van der Waals surface area (Å²) in [7, 11) is 0. The Bertz CT molecular complexity index is 342. The largest absolute Gasteiger partial charge is 0.481 e. The molecule has 0 saturated carbocycles. The summed E-state index contributed by atoms with van der Waals surface area (Å²) in [5, 5.41) is 11.9. The van der Waals surface area contributed by atoms with E-state index in [1.807, 2.05) is 0 Å². The third-order valence-electron chi connectivity index (χ3n) is 4.07. The molecule has 0 radical (unpaired) electrons. The fourth-order valence-electron chi connectivity index (χ4n) is 2.85. The summed E-state index contributed by atoms with van der Waals surface area (Å²) in [5.74, 6) is -1.23. The number of aliphatic carboxylic acids is 1. The van der Waals surface area contributed by atoms with Crippen molar-refractivity contribution in [2.24, 2.45) is 5.92 Å². The summed E-state index contributed by atoms with van der Waals surface area (Å²) in [5.41, 5.74) is 0. The summed E-state index contributed by atoms with van der Waals surface area (Å²) >= 11 is 0. The number of nitrogens with one attached hydrogen (secondary N) is 1. The summed E-state index contributed by atoms with van der Waals surface area (Å²) < 4.78 is 5.61. The first-order valence-electron chi connectivity index (χ1n) is 7.54. The standard InChI is InChI=1S/C14H24N2O4/c17-13(18)11-4-3-8-16(10-11)14(19)15-7-6-12-5-1-2-9-20-12/h11-12H,1-10H2,(H,15,19)(H,17,18)/t11-,12?/m1/s1. The Hall–Kier alpha value is -1.30. The molecule has 20 heavy (non-hydrogen) atoms. The molecule has 0 aromatic heterocycles. The highest BCUT2D eigenvalue weighted by Crippen LogP contribution is 2.17. The van der Waals surface area contributed by atoms with Crippen molar-refractivity contribution in [2.75, 3.05) is 26.2 Å². The van der Waals surface area contributed by atoms with Gasteiger partial charge in [-0.1, -0.05) is 0 Å². The van der Waals surface area contributed by atoms with Crippen molar-refractivity contribution in [3.05, 3.63) is 0 Å². The summed E-state index contributed by atoms with van der Waals surface area (Å²) in [6.45, 7) is 2.39. The number of hydrogen-bond donors (Lipinski definition) is 2. The van der Waals surface area contributed by atoms with E-state index in [0.717, 1.165) is 32.3 Å². The Labute approximate surface area is 119 Å². The maximum Gasteiger partial charge on any atom is 0.317 e. The minimum Gasteiger partial charge on any atom is -0.481 e. The van der Waals surface area contributed by atoms with E-state index in [4.69, 9.17) is 9.84 Å². The predicted octanol–water partition coefficient (Wildman–Crippen LogP) is 1.45. The van der Waals surface area contributed by atoms with Crippen molar-refractivity contribution in [2.45, 2.75) is 44.6 Å². The number of carbonyl (C=O) groups is 2. The van der Waals surface area contributed by atoms with E-state index in [-0.39, 0.29) is 12.1 Å². The number of nitrogens with zero attached hydrogens (tertiary/aromatic N) is 1. The van der Waals surface area contributed by atoms with Gasteiger partial charge in [0, 0.05) is 26.2 Å². The Morgan fingerprint density at radius 1 is 1.25 bits per heavy atom. The Morgan fingerprint density at radius 2 is 2.10 bits per heavy atom. The molecular formula is C14H24N2O4. The van der Waals surface area contributed by atoms with Crippen molar-refractivity contribution < 1.29 is 19.4 Å². The second-order valence-corrected chi connectivity index (χ2v) is 5.63. The normalized spacial score (nSPS) is 27.1. The third-order valence-corrected chi connectivity index (χ3v) is 4.07. The van der Waals surface area contributed by atoms with Crippen LogP contribution in [-0.4, -0.2) is 54.4 Å². The lowest BCUT2D eigenvalue weighted by Crippen LogP contribution is -2.47. The number of carboxylic acid groups (broad SMARTS) is 1. The minimum absolute atomic E-state index is 0.147. The van der Waals surface area contributed by atoms with Crippen molar-refractivity contribution in [3.8, 4) is 0 Å². The molecule has 0 aromatic rings. The van der Waals surface area contributed by atoms with Crippen molar-refractivity contribution in [1.29, 1.82) is 0 Å². The van der Waals surface area contributed by atoms with Crippen LogP contribution in [0.5, 0.6) is 0 Å². The van der Waals surface area contributed by atoms with Gasteiger partial charge in [0.1, 0.15) is 0 Å². The molecule has 0 bridgehead atoms. The first-order chi connectivity index (χ1) is 9.66. The van der Waals surface area contributed by atoms with Gasteiger partial charge in [-0.3, -0.25) is 4.79 Å². The van der Waals surface area contributed by atoms with Crippen molar-refractivity contribution in [3.63, 3.8) is 0 Å². The van der Waals surface area contributed by atoms with E-state index in [0.29, 0.717) is 26.1 Å². The monoisotopic (exact) mass is 284 g/mol. The highest BCUT2D eigenvalue weighted by molar-refractivity contribution is 5.76. The fourth-order valence-corrected chi connectivity index (χ4v) is 2.85. The molecule has 2 fully saturated rings. The van der Waals surface area contributed by atoms with Crippen LogP contribution in [0.1, 0.15) is 38.5 Å². The van der Waals surface area contributed by atoms with Gasteiger partial charge in [-0.25, -0.2) is 4.79 Å². The molecule has 2 aliphatic rings. The van der Waals surface area contributed by atoms with Gasteiger partial charge in [-0.2, -0.15) is 0 Å². The number of likely N-dealkylation sites (tertiary alicyclic amines) is 1. The Morgan fingerprint density at radius 3 is 2.80 bits per heavy atom. The van der Waals surface area contributed by atoms with E-state index in [1.165, 1.54) is 6.42 Å². The molecule has 0 aliphatic carbocycles. The third kappa shape index (κ3) is 4.37. The van der Waals surface area contributed by atoms with Crippen LogP contribution in [0.2, 0.25) is 0 Å². The predicted molar refractivity (Wildman–Crippen MR) is 73.5 cm³/mol. The smallest absolute Gasteiger partial charge is 0.317 e. The van der Waals surface area contributed by atoms with Crippen LogP contribution < -0.4 is 5.32 Å². The lowest BCUT2D eigenvalue weighted by molar-refractivity contribution is -0.143. The number of hydrogen-bond acceptors (Lipinski definition) is 3. The van der Waals surface area contributed by atoms with Gasteiger partial charge in [-0.15, -0.1) is 0 Å². The van der Waals surface area contributed by atoms with Crippen LogP contribution in [-0.2, 0) is 9.53 Å². The number of rotatable bonds is 4. The van der Waals surface area contributed by atoms with E-state index >= 15 is 0 Å². The van der Waals surface area contributed by atoms with Gasteiger partial charge in [0.25, 0.3) is 0 Å². The highest BCUT2D eigenvalue weighted by atomic mass is 16.5. The average molecular weight is 284 g/mol. The molecule has 114 valence electrons. The van der Waals surface area contributed by atoms with E-state index in [9.17, 15) is 9.59 Å². The molecule has 0 aromatic carbocycles. The molecule has 2 amide bonds. The summed E-state index contributed by atoms with van der Waals surface area (Å²) in [6, 6.07) is -0.147. The number of piperidine rings is 1. The van der Waals surface area contributed by atoms with Gasteiger partial charge in [0.2, 0.25) is 0 Å². The van der Waals surface area contributed by atoms with Crippen LogP contribution >= 0.6 is 0 Å². The quantitative estimate of drug-likeness (QED) is 0.819. The van der Waals surface area contributed by atoms with Crippen LogP contribution in [0.4, 0.5) is 4.79 Å². The minimum atomic E-state index is -0.807. The van der Waals surface area contributed by atoms with E-state index in [1.54, 1.807) is 4.90 Å². The molecule has 2 N–H and O–H groups in total. The lowest BCUT2D eigenvalue weighted by Gasteiger charge is -2.31. The van der Waals surface area contributed by atoms with Gasteiger partial charge in [0.15, 0.2) is 0 Å². The molecule has 2 atom stereocenters. The average Bonchev–Trinajstić information content (AvgIpc) is 2.48. The summed E-state index contributed by atoms with van der Waals surface area (Å²) in [4.78, 5) is 24.6. The van der Waals surface area contributed by atoms with Crippen LogP contribution in [0.25, 0.3) is 0 Å². The summed E-state index contributed by atoms with van der Waals surface area (Å²) in [6.07, 6.45) is 5.92. The fraction of sp³-hybridized carbons (Fsp3) is 0.857. The lowest BCUT2D eigenvalue weighted by atomic mass is 9.99. The zero-order valence-corrected chi connectivity index (χ0v) is 11.8. The number of urea groups is 1. The van der Waals surface area contributed by atoms with Gasteiger partial charge in [-0.05, 0) is 38.5 Å². The van der Waals surface area contributed by atoms with Gasteiger partial charge in [0.05, 0.1) is 12.0 Å². The van der Waals surface area contributed by atoms with Gasteiger partial charge >= 0.3 is 12.0 Å². The first-order valence-corrected chi connectivity index (χ1v) is 7.54. The maximum atomic E-state index is 12.0. The number of ether oxygens (including phenoxy) is 1. The van der Waals surface area contributed by atoms with E-state index < -0.39 is 11.9 Å². The van der Waals surface area contributed by atoms with Crippen LogP contribution in [0.15, 0.2) is 0 Å². The molecule has 0 spiro atoms. The molecule has 2 heterocycles. The zero-order chi connectivity index (χ0) is 14.4. The number of carbonyl (C=O) groups excluding carboxylic acids is 1. The van der Waals surface area contributed by atoms with Crippen molar-refractivity contribution in [1.82, 2.24) is 10.2 Å². The Balaban J connectivity index is 1.67. The van der Waals surface area contributed by atoms with E-state index in [2.05, 4.69) is 5.32 Å². The number of amides is 2. The topological polar surface area (TPSA) is 78.9 Å².